The lowest BCUT2D eigenvalue weighted by Gasteiger charge is -2.17. The molecule has 4 aromatic carbocycles. The summed E-state index contributed by atoms with van der Waals surface area (Å²) in [5.74, 6) is -6.76. The third kappa shape index (κ3) is 11.1. The molecular formula is C42H38N6O13. The quantitative estimate of drug-likeness (QED) is 0.0624. The largest absolute Gasteiger partial charge is 0.508 e. The predicted octanol–water partition coefficient (Wildman–Crippen LogP) is 4.19. The molecule has 0 aliphatic heterocycles. The van der Waals surface area contributed by atoms with Crippen molar-refractivity contribution < 1.29 is 63.8 Å². The van der Waals surface area contributed by atoms with E-state index in [0.717, 1.165) is 17.7 Å². The molecule has 19 nitrogen and oxygen atoms in total. The highest BCUT2D eigenvalue weighted by Gasteiger charge is 2.24. The Morgan fingerprint density at radius 2 is 1.31 bits per heavy atom. The first kappa shape index (κ1) is 43.7. The maximum atomic E-state index is 13.2. The second-order valence-corrected chi connectivity index (χ2v) is 12.8. The number of amides is 5. The van der Waals surface area contributed by atoms with E-state index in [-0.39, 0.29) is 46.3 Å². The Kier molecular flexibility index (Phi) is 14.2. The van der Waals surface area contributed by atoms with Crippen LogP contribution in [0, 0.1) is 0 Å². The minimum atomic E-state index is -1.47. The van der Waals surface area contributed by atoms with E-state index in [1.54, 1.807) is 25.1 Å². The number of ether oxygens (including phenoxy) is 2. The molecule has 5 amide bonds. The zero-order valence-electron chi connectivity index (χ0n) is 32.3. The van der Waals surface area contributed by atoms with Crippen molar-refractivity contribution in [2.24, 2.45) is 0 Å². The van der Waals surface area contributed by atoms with Crippen molar-refractivity contribution in [3.05, 3.63) is 125 Å². The van der Waals surface area contributed by atoms with Crippen molar-refractivity contribution in [1.82, 2.24) is 10.3 Å². The first-order chi connectivity index (χ1) is 29.2. The molecule has 61 heavy (non-hydrogen) atoms. The number of benzene rings is 4. The van der Waals surface area contributed by atoms with Crippen molar-refractivity contribution in [2.45, 2.75) is 6.92 Å². The minimum absolute atomic E-state index is 0.00896. The summed E-state index contributed by atoms with van der Waals surface area (Å²) < 4.78 is 10.5. The average Bonchev–Trinajstić information content (AvgIpc) is 3.24. The summed E-state index contributed by atoms with van der Waals surface area (Å²) in [6.07, 6.45) is 2.93. The number of methoxy groups -OCH3 is 1. The molecule has 1 heterocycles. The van der Waals surface area contributed by atoms with E-state index < -0.39 is 71.5 Å². The molecule has 0 fully saturated rings. The number of aliphatic hydroxyl groups excluding tert-OH is 1. The van der Waals surface area contributed by atoms with Crippen molar-refractivity contribution in [2.75, 3.05) is 48.1 Å². The van der Waals surface area contributed by atoms with E-state index in [1.807, 2.05) is 0 Å². The van der Waals surface area contributed by atoms with Crippen LogP contribution in [0.1, 0.15) is 54.0 Å². The van der Waals surface area contributed by atoms with Gasteiger partial charge in [-0.3, -0.25) is 24.0 Å². The molecule has 0 saturated heterocycles. The van der Waals surface area contributed by atoms with Crippen LogP contribution in [-0.2, 0) is 9.59 Å². The molecule has 10 N–H and O–H groups in total. The van der Waals surface area contributed by atoms with Crippen molar-refractivity contribution in [1.29, 1.82) is 0 Å². The number of hydrogen-bond donors (Lipinski definition) is 10. The fourth-order valence-electron chi connectivity index (χ4n) is 5.46. The highest BCUT2D eigenvalue weighted by Crippen LogP contribution is 2.41. The van der Waals surface area contributed by atoms with Crippen LogP contribution in [-0.4, -0.2) is 92.9 Å². The highest BCUT2D eigenvalue weighted by atomic mass is 16.5. The fourth-order valence-corrected chi connectivity index (χ4v) is 5.46. The molecule has 5 rings (SSSR count). The molecule has 0 aliphatic rings. The number of aromatic hydroxyl groups is 3. The number of hydrogen-bond acceptors (Lipinski definition) is 13. The third-order valence-electron chi connectivity index (χ3n) is 8.50. The molecule has 0 saturated carbocycles. The van der Waals surface area contributed by atoms with Gasteiger partial charge in [-0.2, -0.15) is 0 Å². The van der Waals surface area contributed by atoms with Gasteiger partial charge in [-0.1, -0.05) is 12.1 Å². The van der Waals surface area contributed by atoms with Crippen LogP contribution in [0.4, 0.5) is 22.7 Å². The van der Waals surface area contributed by atoms with Gasteiger partial charge >= 0.3 is 5.97 Å². The van der Waals surface area contributed by atoms with E-state index in [2.05, 4.69) is 31.6 Å². The number of carboxylic acid groups (broad SMARTS) is 1. The molecule has 0 spiro atoms. The summed E-state index contributed by atoms with van der Waals surface area (Å²) >= 11 is 0. The molecule has 0 aliphatic carbocycles. The van der Waals surface area contributed by atoms with Gasteiger partial charge in [-0.05, 0) is 91.4 Å². The molecule has 0 bridgehead atoms. The van der Waals surface area contributed by atoms with Crippen LogP contribution in [0.3, 0.4) is 0 Å². The van der Waals surface area contributed by atoms with E-state index in [0.29, 0.717) is 16.9 Å². The van der Waals surface area contributed by atoms with Gasteiger partial charge < -0.3 is 61.6 Å². The number of aromatic nitrogens is 1. The average molecular weight is 835 g/mol. The Labute approximate surface area is 346 Å². The molecule has 1 aromatic heterocycles. The Morgan fingerprint density at radius 1 is 0.689 bits per heavy atom. The minimum Gasteiger partial charge on any atom is -0.508 e. The van der Waals surface area contributed by atoms with Gasteiger partial charge in [0.2, 0.25) is 5.91 Å². The Morgan fingerprint density at radius 3 is 1.93 bits per heavy atom. The van der Waals surface area contributed by atoms with Crippen LogP contribution < -0.4 is 36.1 Å². The maximum Gasteiger partial charge on any atom is 0.339 e. The number of phenols is 3. The molecule has 314 valence electrons. The number of rotatable bonds is 16. The lowest BCUT2D eigenvalue weighted by molar-refractivity contribution is -0.115. The Balaban J connectivity index is 1.13. The highest BCUT2D eigenvalue weighted by molar-refractivity contribution is 6.10. The number of aliphatic hydroxyl groups is 1. The lowest BCUT2D eigenvalue weighted by atomic mass is 10.1. The van der Waals surface area contributed by atoms with Gasteiger partial charge in [-0.25, -0.2) is 9.78 Å². The summed E-state index contributed by atoms with van der Waals surface area (Å²) in [7, 11) is 1.19. The van der Waals surface area contributed by atoms with Crippen LogP contribution in [0.2, 0.25) is 0 Å². The zero-order chi connectivity index (χ0) is 44.2. The molecule has 0 unspecified atom stereocenters. The number of nitrogens with one attached hydrogen (secondary N) is 5. The SMILES string of the molecule is COc1c(NC(=O)c2ccc(NC(=O)CNC(=O)c3ccc(NC(=O)/C(C)=C/c4ccc(O)cc4)cn3)cc2)ccc(C(=O)Nc2ccc(C(=O)O)c(O)c2OCCO)c1O. The number of aromatic carboxylic acids is 1. The van der Waals surface area contributed by atoms with Crippen LogP contribution in [0.25, 0.3) is 6.08 Å². The number of nitrogens with zero attached hydrogens (tertiary/aromatic N) is 1. The van der Waals surface area contributed by atoms with E-state index >= 15 is 0 Å². The van der Waals surface area contributed by atoms with Crippen LogP contribution in [0.5, 0.6) is 28.7 Å². The van der Waals surface area contributed by atoms with Crippen LogP contribution in [0.15, 0.2) is 96.7 Å². The first-order valence-electron chi connectivity index (χ1n) is 18.0. The molecule has 0 atom stereocenters. The standard InChI is InChI=1S/C42H38N6O13/c1-22(19-23-3-10-27(50)11-4-23)38(54)46-26-9-14-32(43-20-26)41(57)44-21-33(51)45-25-7-5-24(6-8-25)39(55)47-30-15-12-28(34(52)36(30)60-2)40(56)48-31-16-13-29(42(58)59)35(53)37(31)61-18-17-49/h3-16,19-20,49-50,52-53H,17-18,21H2,1-2H3,(H,44,57)(H,45,51)(H,46,54)(H,47,55)(H,48,56)(H,58,59)/b22-19+. The third-order valence-corrected chi connectivity index (χ3v) is 8.50. The molecule has 0 radical (unpaired) electrons. The molecule has 5 aromatic rings. The Hall–Kier alpha value is -8.45. The van der Waals surface area contributed by atoms with E-state index in [4.69, 9.17) is 14.6 Å². The van der Waals surface area contributed by atoms with Gasteiger partial charge in [-0.15, -0.1) is 0 Å². The van der Waals surface area contributed by atoms with Gasteiger partial charge in [0, 0.05) is 16.8 Å². The van der Waals surface area contributed by atoms with E-state index in [9.17, 15) is 49.2 Å². The predicted molar refractivity (Wildman–Crippen MR) is 220 cm³/mol. The van der Waals surface area contributed by atoms with Gasteiger partial charge in [0.25, 0.3) is 23.6 Å². The number of pyridine rings is 1. The first-order valence-corrected chi connectivity index (χ1v) is 18.0. The van der Waals surface area contributed by atoms with Crippen molar-refractivity contribution >= 4 is 64.3 Å². The summed E-state index contributed by atoms with van der Waals surface area (Å²) in [4.78, 5) is 79.6. The summed E-state index contributed by atoms with van der Waals surface area (Å²) in [5, 5.41) is 61.9. The monoisotopic (exact) mass is 834 g/mol. The van der Waals surface area contributed by atoms with E-state index in [1.165, 1.54) is 74.0 Å². The second-order valence-electron chi connectivity index (χ2n) is 12.8. The Bertz CT molecular complexity index is 2510. The number of phenolic OH excluding ortho intramolecular Hbond substituents is 2. The fraction of sp³-hybridized carbons (Fsp3) is 0.119. The number of carboxylic acids is 1. The van der Waals surface area contributed by atoms with Gasteiger partial charge in [0.05, 0.1) is 49.1 Å². The maximum absolute atomic E-state index is 13.2. The van der Waals surface area contributed by atoms with Gasteiger partial charge in [0.1, 0.15) is 23.6 Å². The van der Waals surface area contributed by atoms with Crippen LogP contribution >= 0.6 is 0 Å². The number of carbonyl (C=O) groups excluding carboxylic acids is 5. The van der Waals surface area contributed by atoms with Gasteiger partial charge in [0.15, 0.2) is 23.0 Å². The van der Waals surface area contributed by atoms with Crippen molar-refractivity contribution in [3.63, 3.8) is 0 Å². The summed E-state index contributed by atoms with van der Waals surface area (Å²) in [6.45, 7) is 0.380. The lowest BCUT2D eigenvalue weighted by Crippen LogP contribution is -2.33. The summed E-state index contributed by atoms with van der Waals surface area (Å²) in [5.41, 5.74) is 0.819. The molecule has 19 heteroatoms. The number of carbonyl (C=O) groups is 6. The zero-order valence-corrected chi connectivity index (χ0v) is 32.3. The smallest absolute Gasteiger partial charge is 0.339 e. The molecular weight excluding hydrogens is 796 g/mol. The second kappa shape index (κ2) is 19.8. The summed E-state index contributed by atoms with van der Waals surface area (Å²) in [6, 6.07) is 19.5. The normalized spacial score (nSPS) is 10.8. The topological polar surface area (TPSA) is 295 Å². The van der Waals surface area contributed by atoms with Crippen molar-refractivity contribution in [3.8, 4) is 28.7 Å². The number of anilines is 4.